The fraction of sp³-hybridized carbons (Fsp3) is 0.348. The summed E-state index contributed by atoms with van der Waals surface area (Å²) in [5, 5.41) is 3.59. The minimum Gasteiger partial charge on any atom is -0.315 e. The van der Waals surface area contributed by atoms with Crippen LogP contribution in [0.25, 0.3) is 10.9 Å². The average Bonchev–Trinajstić information content (AvgIpc) is 2.72. The molecule has 0 aliphatic heterocycles. The molecule has 1 unspecified atom stereocenters. The standard InChI is InChI=1S/C23H28N4O2/c1-5-15-27-21(24-20-14-10-8-12-18(20)22(27)28)17(4)26(6-2)23(29)25-19-13-9-7-11-16(19)3/h7-14,17H,5-6,15H2,1-4H3,(H,25,29). The summed E-state index contributed by atoms with van der Waals surface area (Å²) in [5.74, 6) is 0.609. The number of carbonyl (C=O) groups excluding carboxylic acids is 1. The third kappa shape index (κ3) is 4.16. The van der Waals surface area contributed by atoms with E-state index < -0.39 is 0 Å². The van der Waals surface area contributed by atoms with Crippen molar-refractivity contribution in [3.8, 4) is 0 Å². The lowest BCUT2D eigenvalue weighted by Gasteiger charge is -2.29. The number of benzene rings is 2. The van der Waals surface area contributed by atoms with Crippen LogP contribution in [-0.4, -0.2) is 27.0 Å². The number of para-hydroxylation sites is 2. The Hall–Kier alpha value is -3.15. The van der Waals surface area contributed by atoms with E-state index in [1.165, 1.54) is 0 Å². The van der Waals surface area contributed by atoms with E-state index in [0.29, 0.717) is 29.8 Å². The summed E-state index contributed by atoms with van der Waals surface area (Å²) in [6.07, 6.45) is 0.807. The van der Waals surface area contributed by atoms with Crippen LogP contribution in [0.4, 0.5) is 10.5 Å². The van der Waals surface area contributed by atoms with Crippen LogP contribution >= 0.6 is 0 Å². The first-order valence-corrected chi connectivity index (χ1v) is 10.1. The lowest BCUT2D eigenvalue weighted by molar-refractivity contribution is 0.192. The van der Waals surface area contributed by atoms with Crippen LogP contribution in [0.5, 0.6) is 0 Å². The Kier molecular flexibility index (Phi) is 6.32. The number of aromatic nitrogens is 2. The second kappa shape index (κ2) is 8.90. The molecule has 1 heterocycles. The van der Waals surface area contributed by atoms with E-state index in [4.69, 9.17) is 4.98 Å². The SMILES string of the molecule is CCCn1c(C(C)N(CC)C(=O)Nc2ccccc2C)nc2ccccc2c1=O. The van der Waals surface area contributed by atoms with Crippen molar-refractivity contribution in [2.24, 2.45) is 0 Å². The van der Waals surface area contributed by atoms with E-state index in [1.54, 1.807) is 15.5 Å². The number of aryl methyl sites for hydroxylation is 1. The molecule has 1 atom stereocenters. The van der Waals surface area contributed by atoms with Gasteiger partial charge in [-0.15, -0.1) is 0 Å². The summed E-state index contributed by atoms with van der Waals surface area (Å²) in [4.78, 5) is 32.6. The summed E-state index contributed by atoms with van der Waals surface area (Å²) in [6, 6.07) is 14.5. The number of rotatable bonds is 6. The normalized spacial score (nSPS) is 12.0. The number of nitrogens with zero attached hydrogens (tertiary/aromatic N) is 3. The number of nitrogens with one attached hydrogen (secondary N) is 1. The van der Waals surface area contributed by atoms with Gasteiger partial charge in [-0.3, -0.25) is 9.36 Å². The average molecular weight is 393 g/mol. The first-order chi connectivity index (χ1) is 14.0. The molecule has 1 aromatic heterocycles. The maximum absolute atomic E-state index is 13.1. The predicted molar refractivity (Wildman–Crippen MR) is 117 cm³/mol. The van der Waals surface area contributed by atoms with E-state index >= 15 is 0 Å². The number of urea groups is 1. The van der Waals surface area contributed by atoms with Gasteiger partial charge in [0.05, 0.1) is 16.9 Å². The number of hydrogen-bond donors (Lipinski definition) is 1. The van der Waals surface area contributed by atoms with Gasteiger partial charge in [-0.1, -0.05) is 37.3 Å². The van der Waals surface area contributed by atoms with Gasteiger partial charge < -0.3 is 10.2 Å². The van der Waals surface area contributed by atoms with Gasteiger partial charge in [0, 0.05) is 18.8 Å². The molecular weight excluding hydrogens is 364 g/mol. The monoisotopic (exact) mass is 392 g/mol. The smallest absolute Gasteiger partial charge is 0.315 e. The first kappa shape index (κ1) is 20.6. The highest BCUT2D eigenvalue weighted by atomic mass is 16.2. The van der Waals surface area contributed by atoms with Crippen LogP contribution in [0.2, 0.25) is 0 Å². The number of carbonyl (C=O) groups is 1. The van der Waals surface area contributed by atoms with Gasteiger partial charge >= 0.3 is 6.03 Å². The van der Waals surface area contributed by atoms with Crippen molar-refractivity contribution in [2.75, 3.05) is 11.9 Å². The van der Waals surface area contributed by atoms with Crippen LogP contribution in [0, 0.1) is 6.92 Å². The topological polar surface area (TPSA) is 67.2 Å². The molecule has 1 N–H and O–H groups in total. The van der Waals surface area contributed by atoms with Crippen molar-refractivity contribution in [1.29, 1.82) is 0 Å². The molecule has 0 fully saturated rings. The zero-order chi connectivity index (χ0) is 21.0. The molecule has 2 aromatic carbocycles. The van der Waals surface area contributed by atoms with Gasteiger partial charge in [0.2, 0.25) is 0 Å². The Balaban J connectivity index is 2.00. The molecule has 0 spiro atoms. The highest BCUT2D eigenvalue weighted by Crippen LogP contribution is 2.22. The molecule has 0 aliphatic rings. The summed E-state index contributed by atoms with van der Waals surface area (Å²) in [6.45, 7) is 8.89. The van der Waals surface area contributed by atoms with E-state index in [9.17, 15) is 9.59 Å². The summed E-state index contributed by atoms with van der Waals surface area (Å²) >= 11 is 0. The predicted octanol–water partition coefficient (Wildman–Crippen LogP) is 4.73. The van der Waals surface area contributed by atoms with Crippen molar-refractivity contribution in [1.82, 2.24) is 14.5 Å². The lowest BCUT2D eigenvalue weighted by Crippen LogP contribution is -2.40. The largest absolute Gasteiger partial charge is 0.322 e. The van der Waals surface area contributed by atoms with Gasteiger partial charge in [0.1, 0.15) is 5.82 Å². The van der Waals surface area contributed by atoms with E-state index in [2.05, 4.69) is 5.32 Å². The first-order valence-electron chi connectivity index (χ1n) is 10.1. The maximum Gasteiger partial charge on any atom is 0.322 e. The summed E-state index contributed by atoms with van der Waals surface area (Å²) < 4.78 is 1.71. The number of anilines is 1. The molecule has 29 heavy (non-hydrogen) atoms. The van der Waals surface area contributed by atoms with Crippen LogP contribution in [-0.2, 0) is 6.54 Å². The van der Waals surface area contributed by atoms with Gasteiger partial charge in [-0.25, -0.2) is 9.78 Å². The second-order valence-corrected chi connectivity index (χ2v) is 7.15. The van der Waals surface area contributed by atoms with Gasteiger partial charge in [0.15, 0.2) is 0 Å². The third-order valence-corrected chi connectivity index (χ3v) is 5.17. The summed E-state index contributed by atoms with van der Waals surface area (Å²) in [5.41, 5.74) is 2.37. The minimum absolute atomic E-state index is 0.0605. The molecule has 3 rings (SSSR count). The quantitative estimate of drug-likeness (QED) is 0.659. The zero-order valence-electron chi connectivity index (χ0n) is 17.5. The molecule has 0 radical (unpaired) electrons. The van der Waals surface area contributed by atoms with Crippen molar-refractivity contribution in [3.05, 3.63) is 70.3 Å². The molecule has 6 heteroatoms. The molecule has 0 bridgehead atoms. The van der Waals surface area contributed by atoms with Crippen molar-refractivity contribution < 1.29 is 4.79 Å². The zero-order valence-corrected chi connectivity index (χ0v) is 17.5. The fourth-order valence-corrected chi connectivity index (χ4v) is 3.58. The Morgan fingerprint density at radius 2 is 1.83 bits per heavy atom. The molecule has 3 aromatic rings. The number of fused-ring (bicyclic) bond motifs is 1. The maximum atomic E-state index is 13.1. The van der Waals surface area contributed by atoms with Gasteiger partial charge in [0.25, 0.3) is 5.56 Å². The van der Waals surface area contributed by atoms with E-state index in [1.807, 2.05) is 70.2 Å². The summed E-state index contributed by atoms with van der Waals surface area (Å²) in [7, 11) is 0. The third-order valence-electron chi connectivity index (χ3n) is 5.17. The molecule has 0 aliphatic carbocycles. The van der Waals surface area contributed by atoms with Crippen LogP contribution < -0.4 is 10.9 Å². The van der Waals surface area contributed by atoms with Crippen LogP contribution in [0.1, 0.15) is 44.6 Å². The molecule has 6 nitrogen and oxygen atoms in total. The molecule has 0 saturated carbocycles. The van der Waals surface area contributed by atoms with Crippen molar-refractivity contribution in [2.45, 2.75) is 46.7 Å². The second-order valence-electron chi connectivity index (χ2n) is 7.15. The van der Waals surface area contributed by atoms with E-state index in [-0.39, 0.29) is 17.6 Å². The number of amides is 2. The molecule has 152 valence electrons. The molecule has 0 saturated heterocycles. The van der Waals surface area contributed by atoms with Crippen molar-refractivity contribution in [3.63, 3.8) is 0 Å². The van der Waals surface area contributed by atoms with Gasteiger partial charge in [-0.05, 0) is 51.0 Å². The van der Waals surface area contributed by atoms with Gasteiger partial charge in [-0.2, -0.15) is 0 Å². The fourth-order valence-electron chi connectivity index (χ4n) is 3.58. The molecular formula is C23H28N4O2. The minimum atomic E-state index is -0.354. The molecule has 2 amide bonds. The highest BCUT2D eigenvalue weighted by Gasteiger charge is 2.25. The Morgan fingerprint density at radius 3 is 2.52 bits per heavy atom. The van der Waals surface area contributed by atoms with E-state index in [0.717, 1.165) is 17.7 Å². The van der Waals surface area contributed by atoms with Crippen molar-refractivity contribution >= 4 is 22.6 Å². The number of hydrogen-bond acceptors (Lipinski definition) is 3. The highest BCUT2D eigenvalue weighted by molar-refractivity contribution is 5.90. The van der Waals surface area contributed by atoms with Crippen LogP contribution in [0.15, 0.2) is 53.3 Å². The lowest BCUT2D eigenvalue weighted by atomic mass is 10.2. The Bertz CT molecular complexity index is 1070. The Morgan fingerprint density at radius 1 is 1.14 bits per heavy atom. The Labute approximate surface area is 171 Å². The van der Waals surface area contributed by atoms with Crippen LogP contribution in [0.3, 0.4) is 0 Å².